The predicted octanol–water partition coefficient (Wildman–Crippen LogP) is 4.81. The van der Waals surface area contributed by atoms with Gasteiger partial charge in [0.1, 0.15) is 6.07 Å². The van der Waals surface area contributed by atoms with Gasteiger partial charge in [-0.1, -0.05) is 54.2 Å². The third-order valence-electron chi connectivity index (χ3n) is 4.48. The highest BCUT2D eigenvalue weighted by Crippen LogP contribution is 2.32. The second kappa shape index (κ2) is 11.4. The largest absolute Gasteiger partial charge is 0.452 e. The molecular weight excluding hydrogens is 422 g/mol. The number of ether oxygens (including phenoxy) is 1. The van der Waals surface area contributed by atoms with Gasteiger partial charge in [-0.05, 0) is 36.4 Å². The molecule has 0 saturated heterocycles. The summed E-state index contributed by atoms with van der Waals surface area (Å²) in [6.07, 6.45) is 0.159. The minimum Gasteiger partial charge on any atom is -0.452 e. The van der Waals surface area contributed by atoms with Crippen LogP contribution < -0.4 is 4.90 Å². The molecule has 0 aliphatic rings. The number of nitriles is 2. The summed E-state index contributed by atoms with van der Waals surface area (Å²) in [6, 6.07) is 27.1. The highest BCUT2D eigenvalue weighted by Gasteiger charge is 2.20. The quantitative estimate of drug-likeness (QED) is 0.466. The van der Waals surface area contributed by atoms with Crippen molar-refractivity contribution in [2.75, 3.05) is 18.1 Å². The molecule has 7 heteroatoms. The van der Waals surface area contributed by atoms with Gasteiger partial charge in [-0.25, -0.2) is 4.79 Å². The molecule has 3 rings (SSSR count). The van der Waals surface area contributed by atoms with E-state index in [1.54, 1.807) is 60.7 Å². The second-order valence-electron chi connectivity index (χ2n) is 6.57. The molecule has 0 saturated carbocycles. The van der Waals surface area contributed by atoms with Gasteiger partial charge in [-0.3, -0.25) is 4.79 Å². The standard InChI is InChI=1S/C25H19N3O3S/c26-15-8-16-28(20-10-2-1-3-11-20)24(29)18-31-25(30)21-12-5-7-14-23(21)32-22-13-6-4-9-19(22)17-27/h1-7,9-14H,8,16,18H2. The van der Waals surface area contributed by atoms with Crippen molar-refractivity contribution in [1.29, 1.82) is 10.5 Å². The van der Waals surface area contributed by atoms with E-state index in [0.29, 0.717) is 21.7 Å². The molecule has 1 amide bonds. The highest BCUT2D eigenvalue weighted by atomic mass is 32.2. The van der Waals surface area contributed by atoms with Crippen LogP contribution in [0.4, 0.5) is 5.69 Å². The first-order valence-corrected chi connectivity index (χ1v) is 10.6. The molecule has 3 aromatic carbocycles. The fraction of sp³-hybridized carbons (Fsp3) is 0.120. The smallest absolute Gasteiger partial charge is 0.339 e. The van der Waals surface area contributed by atoms with E-state index in [0.717, 1.165) is 4.90 Å². The topological polar surface area (TPSA) is 94.2 Å². The first-order chi connectivity index (χ1) is 15.6. The van der Waals surface area contributed by atoms with E-state index < -0.39 is 18.5 Å². The third-order valence-corrected chi connectivity index (χ3v) is 5.63. The number of para-hydroxylation sites is 1. The molecule has 0 aliphatic carbocycles. The number of anilines is 1. The molecule has 158 valence electrons. The van der Waals surface area contributed by atoms with E-state index in [9.17, 15) is 14.9 Å². The lowest BCUT2D eigenvalue weighted by molar-refractivity contribution is -0.121. The summed E-state index contributed by atoms with van der Waals surface area (Å²) in [5.41, 5.74) is 1.45. The average Bonchev–Trinajstić information content (AvgIpc) is 2.84. The van der Waals surface area contributed by atoms with Gasteiger partial charge in [0, 0.05) is 22.0 Å². The average molecular weight is 442 g/mol. The van der Waals surface area contributed by atoms with Crippen LogP contribution in [0.3, 0.4) is 0 Å². The number of carbonyl (C=O) groups excluding carboxylic acids is 2. The maximum Gasteiger partial charge on any atom is 0.339 e. The normalized spacial score (nSPS) is 9.94. The molecule has 0 N–H and O–H groups in total. The molecule has 0 unspecified atom stereocenters. The number of rotatable bonds is 8. The summed E-state index contributed by atoms with van der Waals surface area (Å²) < 4.78 is 5.32. The molecule has 0 radical (unpaired) electrons. The summed E-state index contributed by atoms with van der Waals surface area (Å²) in [5.74, 6) is -1.05. The lowest BCUT2D eigenvalue weighted by Crippen LogP contribution is -2.35. The third kappa shape index (κ3) is 5.75. The van der Waals surface area contributed by atoms with Crippen molar-refractivity contribution < 1.29 is 14.3 Å². The fourth-order valence-electron chi connectivity index (χ4n) is 2.94. The lowest BCUT2D eigenvalue weighted by Gasteiger charge is -2.21. The number of benzene rings is 3. The Balaban J connectivity index is 1.73. The van der Waals surface area contributed by atoms with Crippen molar-refractivity contribution in [3.05, 3.63) is 90.0 Å². The van der Waals surface area contributed by atoms with Gasteiger partial charge in [0.05, 0.1) is 23.6 Å². The number of nitrogens with zero attached hydrogens (tertiary/aromatic N) is 3. The maximum absolute atomic E-state index is 12.8. The molecule has 32 heavy (non-hydrogen) atoms. The van der Waals surface area contributed by atoms with Gasteiger partial charge in [-0.2, -0.15) is 10.5 Å². The van der Waals surface area contributed by atoms with Crippen LogP contribution in [0.15, 0.2) is 88.7 Å². The van der Waals surface area contributed by atoms with Crippen LogP contribution >= 0.6 is 11.8 Å². The van der Waals surface area contributed by atoms with Crippen LogP contribution in [-0.4, -0.2) is 25.0 Å². The minimum absolute atomic E-state index is 0.159. The van der Waals surface area contributed by atoms with Crippen molar-refractivity contribution in [2.45, 2.75) is 16.2 Å². The Morgan fingerprint density at radius 3 is 2.25 bits per heavy atom. The summed E-state index contributed by atoms with van der Waals surface area (Å²) in [6.45, 7) is -0.249. The zero-order valence-corrected chi connectivity index (χ0v) is 17.9. The summed E-state index contributed by atoms with van der Waals surface area (Å²) >= 11 is 1.29. The van der Waals surface area contributed by atoms with Crippen LogP contribution in [0.25, 0.3) is 0 Å². The van der Waals surface area contributed by atoms with Crippen molar-refractivity contribution in [3.63, 3.8) is 0 Å². The predicted molar refractivity (Wildman–Crippen MR) is 121 cm³/mol. The van der Waals surface area contributed by atoms with Crippen molar-refractivity contribution >= 4 is 29.3 Å². The number of hydrogen-bond acceptors (Lipinski definition) is 6. The first-order valence-electron chi connectivity index (χ1n) is 9.79. The van der Waals surface area contributed by atoms with Crippen LogP contribution in [0.2, 0.25) is 0 Å². The van der Waals surface area contributed by atoms with E-state index in [-0.39, 0.29) is 13.0 Å². The van der Waals surface area contributed by atoms with E-state index >= 15 is 0 Å². The number of carbonyl (C=O) groups is 2. The van der Waals surface area contributed by atoms with Crippen LogP contribution in [0.1, 0.15) is 22.3 Å². The Labute approximate surface area is 190 Å². The monoisotopic (exact) mass is 441 g/mol. The molecule has 0 fully saturated rings. The van der Waals surface area contributed by atoms with Crippen molar-refractivity contribution in [1.82, 2.24) is 0 Å². The van der Waals surface area contributed by atoms with Gasteiger partial charge in [-0.15, -0.1) is 0 Å². The summed E-state index contributed by atoms with van der Waals surface area (Å²) in [4.78, 5) is 28.3. The van der Waals surface area contributed by atoms with E-state index in [1.165, 1.54) is 16.7 Å². The van der Waals surface area contributed by atoms with Crippen molar-refractivity contribution in [2.24, 2.45) is 0 Å². The Morgan fingerprint density at radius 1 is 0.875 bits per heavy atom. The Hall–Kier alpha value is -4.07. The molecule has 0 aliphatic heterocycles. The van der Waals surface area contributed by atoms with E-state index in [1.807, 2.05) is 24.3 Å². The van der Waals surface area contributed by atoms with Crippen LogP contribution in [0.5, 0.6) is 0 Å². The lowest BCUT2D eigenvalue weighted by atomic mass is 10.2. The highest BCUT2D eigenvalue weighted by molar-refractivity contribution is 7.99. The Morgan fingerprint density at radius 2 is 1.53 bits per heavy atom. The van der Waals surface area contributed by atoms with Gasteiger partial charge < -0.3 is 9.64 Å². The molecule has 0 aromatic heterocycles. The van der Waals surface area contributed by atoms with Gasteiger partial charge >= 0.3 is 5.97 Å². The molecule has 0 atom stereocenters. The van der Waals surface area contributed by atoms with Crippen LogP contribution in [-0.2, 0) is 9.53 Å². The van der Waals surface area contributed by atoms with Gasteiger partial charge in [0.15, 0.2) is 6.61 Å². The van der Waals surface area contributed by atoms with E-state index in [4.69, 9.17) is 10.00 Å². The SMILES string of the molecule is N#CCCN(C(=O)COC(=O)c1ccccc1Sc1ccccc1C#N)c1ccccc1. The van der Waals surface area contributed by atoms with Gasteiger partial charge in [0.2, 0.25) is 0 Å². The summed E-state index contributed by atoms with van der Waals surface area (Å²) in [5, 5.41) is 18.2. The fourth-order valence-corrected chi connectivity index (χ4v) is 3.96. The minimum atomic E-state index is -0.635. The molecule has 0 spiro atoms. The van der Waals surface area contributed by atoms with Crippen molar-refractivity contribution in [3.8, 4) is 12.1 Å². The maximum atomic E-state index is 12.8. The van der Waals surface area contributed by atoms with E-state index in [2.05, 4.69) is 6.07 Å². The zero-order valence-electron chi connectivity index (χ0n) is 17.1. The Kier molecular flexibility index (Phi) is 8.02. The first kappa shape index (κ1) is 22.6. The second-order valence-corrected chi connectivity index (χ2v) is 7.66. The molecule has 3 aromatic rings. The van der Waals surface area contributed by atoms with Crippen LogP contribution in [0, 0.1) is 22.7 Å². The number of amides is 1. The summed E-state index contributed by atoms with van der Waals surface area (Å²) in [7, 11) is 0. The molecule has 0 bridgehead atoms. The number of hydrogen-bond donors (Lipinski definition) is 0. The molecule has 6 nitrogen and oxygen atoms in total. The molecule has 0 heterocycles. The number of esters is 1. The Bertz CT molecular complexity index is 1180. The molecular formula is C25H19N3O3S. The van der Waals surface area contributed by atoms with Gasteiger partial charge in [0.25, 0.3) is 5.91 Å². The zero-order chi connectivity index (χ0) is 22.8.